The molecule has 0 amide bonds. The summed E-state index contributed by atoms with van der Waals surface area (Å²) in [6.45, 7) is 0.555. The molecule has 0 saturated carbocycles. The molecule has 0 aliphatic carbocycles. The van der Waals surface area contributed by atoms with Crippen LogP contribution in [0.5, 0.6) is 5.75 Å². The van der Waals surface area contributed by atoms with Crippen LogP contribution >= 0.6 is 0 Å². The molecule has 1 heteroatoms. The zero-order valence-corrected chi connectivity index (χ0v) is 16.2. The van der Waals surface area contributed by atoms with Crippen molar-refractivity contribution in [2.75, 3.05) is 0 Å². The molecule has 5 aromatic carbocycles. The van der Waals surface area contributed by atoms with Crippen molar-refractivity contribution in [1.29, 1.82) is 0 Å². The Balaban J connectivity index is 1.40. The number of benzene rings is 5. The van der Waals surface area contributed by atoms with Gasteiger partial charge in [0, 0.05) is 5.56 Å². The Morgan fingerprint density at radius 2 is 1.07 bits per heavy atom. The largest absolute Gasteiger partial charge is 0.489 e. The summed E-state index contributed by atoms with van der Waals surface area (Å²) in [5.41, 5.74) is 3.86. The Morgan fingerprint density at radius 1 is 0.517 bits per heavy atom. The minimum atomic E-state index is 0.555. The van der Waals surface area contributed by atoms with Gasteiger partial charge in [-0.25, -0.2) is 0 Å². The van der Waals surface area contributed by atoms with Crippen molar-refractivity contribution in [2.45, 2.75) is 13.0 Å². The lowest BCUT2D eigenvalue weighted by Crippen LogP contribution is -1.98. The zero-order chi connectivity index (χ0) is 19.5. The third-order valence-electron chi connectivity index (χ3n) is 5.44. The van der Waals surface area contributed by atoms with Crippen LogP contribution in [-0.2, 0) is 13.0 Å². The van der Waals surface area contributed by atoms with Crippen LogP contribution in [0.4, 0.5) is 0 Å². The molecule has 5 aromatic rings. The van der Waals surface area contributed by atoms with Crippen molar-refractivity contribution in [3.63, 3.8) is 0 Å². The van der Waals surface area contributed by atoms with Crippen molar-refractivity contribution in [2.24, 2.45) is 0 Å². The lowest BCUT2D eigenvalue weighted by molar-refractivity contribution is 0.309. The fourth-order valence-corrected chi connectivity index (χ4v) is 3.95. The molecule has 0 saturated heterocycles. The van der Waals surface area contributed by atoms with Gasteiger partial charge in [-0.05, 0) is 57.3 Å². The molecule has 0 fully saturated rings. The Labute approximate surface area is 171 Å². The molecule has 0 aliphatic rings. The first kappa shape index (κ1) is 17.5. The molecule has 0 heterocycles. The van der Waals surface area contributed by atoms with Gasteiger partial charge in [0.2, 0.25) is 0 Å². The lowest BCUT2D eigenvalue weighted by Gasteiger charge is -2.13. The van der Waals surface area contributed by atoms with Gasteiger partial charge in [-0.1, -0.05) is 91.0 Å². The van der Waals surface area contributed by atoms with Gasteiger partial charge in [0.05, 0.1) is 0 Å². The van der Waals surface area contributed by atoms with Gasteiger partial charge in [0.15, 0.2) is 0 Å². The Kier molecular flexibility index (Phi) is 4.72. The van der Waals surface area contributed by atoms with Crippen LogP contribution in [0.3, 0.4) is 0 Å². The second-order valence-corrected chi connectivity index (χ2v) is 7.39. The van der Waals surface area contributed by atoms with Crippen molar-refractivity contribution in [3.05, 3.63) is 126 Å². The smallest absolute Gasteiger partial charge is 0.119 e. The Hall–Kier alpha value is -3.58. The van der Waals surface area contributed by atoms with Crippen LogP contribution in [0.1, 0.15) is 16.7 Å². The summed E-state index contributed by atoms with van der Waals surface area (Å²) >= 11 is 0. The first-order valence-electron chi connectivity index (χ1n) is 10.0. The molecular formula is C28H22O. The predicted molar refractivity (Wildman–Crippen MR) is 121 cm³/mol. The van der Waals surface area contributed by atoms with E-state index in [9.17, 15) is 0 Å². The van der Waals surface area contributed by atoms with E-state index in [2.05, 4.69) is 109 Å². The first-order chi connectivity index (χ1) is 14.4. The maximum atomic E-state index is 6.21. The highest BCUT2D eigenvalue weighted by Crippen LogP contribution is 2.29. The standard InChI is InChI=1S/C28H22O/c1-2-8-21(9-3-1)18-22-14-16-25(17-15-22)29-20-28-26-12-6-4-10-23(26)19-24-11-5-7-13-27(24)28/h1-17,19H,18,20H2. The highest BCUT2D eigenvalue weighted by Gasteiger charge is 2.08. The average Bonchev–Trinajstić information content (AvgIpc) is 2.78. The third kappa shape index (κ3) is 3.72. The van der Waals surface area contributed by atoms with Crippen LogP contribution in [0, 0.1) is 0 Å². The van der Waals surface area contributed by atoms with Crippen LogP contribution in [0.2, 0.25) is 0 Å². The number of hydrogen-bond acceptors (Lipinski definition) is 1. The highest BCUT2D eigenvalue weighted by atomic mass is 16.5. The van der Waals surface area contributed by atoms with Crippen LogP contribution < -0.4 is 4.74 Å². The van der Waals surface area contributed by atoms with Crippen molar-refractivity contribution in [3.8, 4) is 5.75 Å². The monoisotopic (exact) mass is 374 g/mol. The third-order valence-corrected chi connectivity index (χ3v) is 5.44. The van der Waals surface area contributed by atoms with E-state index in [-0.39, 0.29) is 0 Å². The molecule has 140 valence electrons. The molecule has 29 heavy (non-hydrogen) atoms. The summed E-state index contributed by atoms with van der Waals surface area (Å²) in [6, 6.07) is 38.3. The molecular weight excluding hydrogens is 352 g/mol. The molecule has 0 aromatic heterocycles. The minimum absolute atomic E-state index is 0.555. The molecule has 0 radical (unpaired) electrons. The summed E-state index contributed by atoms with van der Waals surface area (Å²) < 4.78 is 6.21. The normalized spacial score (nSPS) is 11.0. The summed E-state index contributed by atoms with van der Waals surface area (Å²) in [5.74, 6) is 0.902. The first-order valence-corrected chi connectivity index (χ1v) is 10.0. The fraction of sp³-hybridized carbons (Fsp3) is 0.0714. The number of rotatable bonds is 5. The molecule has 0 bridgehead atoms. The van der Waals surface area contributed by atoms with E-state index in [4.69, 9.17) is 4.74 Å². The number of hydrogen-bond donors (Lipinski definition) is 0. The zero-order valence-electron chi connectivity index (χ0n) is 16.2. The van der Waals surface area contributed by atoms with E-state index in [0.29, 0.717) is 6.61 Å². The predicted octanol–water partition coefficient (Wildman–Crippen LogP) is 7.16. The molecule has 0 atom stereocenters. The molecule has 0 unspecified atom stereocenters. The molecule has 0 N–H and O–H groups in total. The van der Waals surface area contributed by atoms with E-state index < -0.39 is 0 Å². The van der Waals surface area contributed by atoms with E-state index in [1.807, 2.05) is 0 Å². The van der Waals surface area contributed by atoms with Crippen LogP contribution in [0.25, 0.3) is 21.5 Å². The van der Waals surface area contributed by atoms with Gasteiger partial charge in [0.1, 0.15) is 12.4 Å². The van der Waals surface area contributed by atoms with Crippen LogP contribution in [-0.4, -0.2) is 0 Å². The van der Waals surface area contributed by atoms with Crippen molar-refractivity contribution >= 4 is 21.5 Å². The second kappa shape index (κ2) is 7.81. The quantitative estimate of drug-likeness (QED) is 0.296. The Morgan fingerprint density at radius 3 is 1.72 bits per heavy atom. The van der Waals surface area contributed by atoms with Gasteiger partial charge in [0.25, 0.3) is 0 Å². The van der Waals surface area contributed by atoms with Gasteiger partial charge in [-0.15, -0.1) is 0 Å². The molecule has 1 nitrogen and oxygen atoms in total. The summed E-state index contributed by atoms with van der Waals surface area (Å²) in [7, 11) is 0. The lowest BCUT2D eigenvalue weighted by atomic mass is 9.97. The summed E-state index contributed by atoms with van der Waals surface area (Å²) in [5, 5.41) is 5.02. The molecule has 5 rings (SSSR count). The van der Waals surface area contributed by atoms with Gasteiger partial charge in [-0.3, -0.25) is 0 Å². The Bertz CT molecular complexity index is 1200. The van der Waals surface area contributed by atoms with E-state index in [1.165, 1.54) is 38.2 Å². The number of fused-ring (bicyclic) bond motifs is 2. The van der Waals surface area contributed by atoms with Gasteiger partial charge >= 0.3 is 0 Å². The highest BCUT2D eigenvalue weighted by molar-refractivity contribution is 6.02. The van der Waals surface area contributed by atoms with Gasteiger partial charge in [-0.2, -0.15) is 0 Å². The van der Waals surface area contributed by atoms with Crippen molar-refractivity contribution in [1.82, 2.24) is 0 Å². The second-order valence-electron chi connectivity index (χ2n) is 7.39. The topological polar surface area (TPSA) is 9.23 Å². The van der Waals surface area contributed by atoms with E-state index in [1.54, 1.807) is 0 Å². The average molecular weight is 374 g/mol. The maximum Gasteiger partial charge on any atom is 0.119 e. The van der Waals surface area contributed by atoms with Crippen molar-refractivity contribution < 1.29 is 4.74 Å². The minimum Gasteiger partial charge on any atom is -0.489 e. The molecule has 0 aliphatic heterocycles. The summed E-state index contributed by atoms with van der Waals surface area (Å²) in [4.78, 5) is 0. The van der Waals surface area contributed by atoms with E-state index >= 15 is 0 Å². The summed E-state index contributed by atoms with van der Waals surface area (Å²) in [6.07, 6.45) is 0.940. The molecule has 0 spiro atoms. The van der Waals surface area contributed by atoms with Crippen LogP contribution in [0.15, 0.2) is 109 Å². The maximum absolute atomic E-state index is 6.21. The van der Waals surface area contributed by atoms with Gasteiger partial charge < -0.3 is 4.74 Å². The fourth-order valence-electron chi connectivity index (χ4n) is 3.95. The number of ether oxygens (including phenoxy) is 1. The van der Waals surface area contributed by atoms with E-state index in [0.717, 1.165) is 12.2 Å². The SMILES string of the molecule is c1ccc(Cc2ccc(OCc3c4ccccc4cc4ccccc34)cc2)cc1.